The second-order valence-corrected chi connectivity index (χ2v) is 5.73. The molecule has 0 heterocycles. The maximum Gasteiger partial charge on any atom is 0.160 e. The Hall–Kier alpha value is -2.40. The van der Waals surface area contributed by atoms with E-state index >= 15 is 0 Å². The molecule has 0 saturated carbocycles. The van der Waals surface area contributed by atoms with E-state index in [0.717, 1.165) is 17.7 Å². The maximum absolute atomic E-state index is 10.1. The van der Waals surface area contributed by atoms with Crippen LogP contribution in [0.2, 0.25) is 0 Å². The number of phenols is 2. The molecule has 2 N–H and O–H groups in total. The van der Waals surface area contributed by atoms with Gasteiger partial charge in [0, 0.05) is 6.04 Å². The van der Waals surface area contributed by atoms with Crippen LogP contribution in [0.5, 0.6) is 23.0 Å². The number of methoxy groups -OCH3 is 2. The largest absolute Gasteiger partial charge is 0.504 e. The fraction of sp³-hybridized carbons (Fsp3) is 0.368. The van der Waals surface area contributed by atoms with Crippen molar-refractivity contribution in [3.8, 4) is 23.0 Å². The van der Waals surface area contributed by atoms with Crippen LogP contribution in [-0.2, 0) is 6.42 Å². The fourth-order valence-electron chi connectivity index (χ4n) is 2.75. The number of rotatable bonds is 7. The molecular formula is C19H25NO4. The molecule has 0 unspecified atom stereocenters. The van der Waals surface area contributed by atoms with Gasteiger partial charge in [0.1, 0.15) is 0 Å². The van der Waals surface area contributed by atoms with Crippen molar-refractivity contribution in [3.05, 3.63) is 47.5 Å². The molecule has 5 nitrogen and oxygen atoms in total. The smallest absolute Gasteiger partial charge is 0.160 e. The lowest BCUT2D eigenvalue weighted by atomic mass is 9.97. The highest BCUT2D eigenvalue weighted by Gasteiger charge is 2.19. The molecule has 0 fully saturated rings. The normalized spacial score (nSPS) is 12.2. The second kappa shape index (κ2) is 7.93. The van der Waals surface area contributed by atoms with Crippen LogP contribution in [0.25, 0.3) is 0 Å². The standard InChI is InChI=1S/C19H25NO4/c1-5-20(2)15(14-7-9-19(24-4)17(22)12-14)10-13-6-8-18(23-3)16(21)11-13/h6-9,11-12,15,21-22H,5,10H2,1-4H3/t15-/m1/s1. The molecule has 5 heteroatoms. The van der Waals surface area contributed by atoms with Crippen LogP contribution in [0.1, 0.15) is 24.1 Å². The van der Waals surface area contributed by atoms with Gasteiger partial charge in [-0.15, -0.1) is 0 Å². The summed E-state index contributed by atoms with van der Waals surface area (Å²) < 4.78 is 10.2. The Morgan fingerprint density at radius 3 is 2.04 bits per heavy atom. The first-order valence-electron chi connectivity index (χ1n) is 7.93. The Morgan fingerprint density at radius 1 is 0.958 bits per heavy atom. The van der Waals surface area contributed by atoms with Gasteiger partial charge in [-0.05, 0) is 55.4 Å². The van der Waals surface area contributed by atoms with Gasteiger partial charge in [-0.3, -0.25) is 4.90 Å². The van der Waals surface area contributed by atoms with E-state index in [1.54, 1.807) is 24.3 Å². The minimum Gasteiger partial charge on any atom is -0.504 e. The summed E-state index contributed by atoms with van der Waals surface area (Å²) in [6.45, 7) is 2.95. The Balaban J connectivity index is 2.32. The van der Waals surface area contributed by atoms with Gasteiger partial charge in [0.2, 0.25) is 0 Å². The van der Waals surface area contributed by atoms with Gasteiger partial charge >= 0.3 is 0 Å². The number of hydrogen-bond acceptors (Lipinski definition) is 5. The molecule has 0 aliphatic carbocycles. The molecule has 2 rings (SSSR count). The highest BCUT2D eigenvalue weighted by molar-refractivity contribution is 5.44. The molecule has 0 aliphatic heterocycles. The van der Waals surface area contributed by atoms with Crippen LogP contribution in [0.4, 0.5) is 0 Å². The highest BCUT2D eigenvalue weighted by Crippen LogP contribution is 2.34. The molecule has 0 radical (unpaired) electrons. The van der Waals surface area contributed by atoms with Gasteiger partial charge in [0.05, 0.1) is 14.2 Å². The van der Waals surface area contributed by atoms with Crippen molar-refractivity contribution in [3.63, 3.8) is 0 Å². The highest BCUT2D eigenvalue weighted by atomic mass is 16.5. The van der Waals surface area contributed by atoms with Crippen molar-refractivity contribution in [2.75, 3.05) is 27.8 Å². The number of ether oxygens (including phenoxy) is 2. The fourth-order valence-corrected chi connectivity index (χ4v) is 2.75. The molecule has 0 spiro atoms. The van der Waals surface area contributed by atoms with E-state index in [1.165, 1.54) is 14.2 Å². The summed E-state index contributed by atoms with van der Waals surface area (Å²) in [5.74, 6) is 1.17. The molecule has 2 aromatic rings. The molecule has 130 valence electrons. The lowest BCUT2D eigenvalue weighted by Crippen LogP contribution is -2.26. The third-order valence-corrected chi connectivity index (χ3v) is 4.29. The van der Waals surface area contributed by atoms with Crippen LogP contribution in [0.15, 0.2) is 36.4 Å². The number of likely N-dealkylation sites (N-methyl/N-ethyl adjacent to an activating group) is 1. The summed E-state index contributed by atoms with van der Waals surface area (Å²) in [5.41, 5.74) is 1.99. The van der Waals surface area contributed by atoms with E-state index in [1.807, 2.05) is 19.2 Å². The van der Waals surface area contributed by atoms with Crippen LogP contribution >= 0.6 is 0 Å². The molecule has 0 aliphatic rings. The van der Waals surface area contributed by atoms with E-state index in [4.69, 9.17) is 9.47 Å². The Bertz CT molecular complexity index is 687. The maximum atomic E-state index is 10.1. The molecule has 2 aromatic carbocycles. The van der Waals surface area contributed by atoms with E-state index in [-0.39, 0.29) is 17.5 Å². The Kier molecular flexibility index (Phi) is 5.93. The van der Waals surface area contributed by atoms with E-state index < -0.39 is 0 Å². The van der Waals surface area contributed by atoms with Crippen LogP contribution in [-0.4, -0.2) is 42.9 Å². The first-order valence-corrected chi connectivity index (χ1v) is 7.93. The minimum absolute atomic E-state index is 0.0691. The Labute approximate surface area is 143 Å². The zero-order valence-electron chi connectivity index (χ0n) is 14.6. The van der Waals surface area contributed by atoms with Crippen LogP contribution in [0.3, 0.4) is 0 Å². The topological polar surface area (TPSA) is 62.2 Å². The second-order valence-electron chi connectivity index (χ2n) is 5.73. The van der Waals surface area contributed by atoms with E-state index in [0.29, 0.717) is 17.9 Å². The van der Waals surface area contributed by atoms with Gasteiger partial charge < -0.3 is 19.7 Å². The van der Waals surface area contributed by atoms with Gasteiger partial charge in [-0.2, -0.15) is 0 Å². The van der Waals surface area contributed by atoms with Gasteiger partial charge in [-0.25, -0.2) is 0 Å². The van der Waals surface area contributed by atoms with Crippen LogP contribution < -0.4 is 9.47 Å². The first kappa shape index (κ1) is 17.9. The molecule has 0 amide bonds. The third-order valence-electron chi connectivity index (χ3n) is 4.29. The van der Waals surface area contributed by atoms with Crippen LogP contribution in [0, 0.1) is 0 Å². The lowest BCUT2D eigenvalue weighted by Gasteiger charge is -2.28. The zero-order chi connectivity index (χ0) is 17.7. The lowest BCUT2D eigenvalue weighted by molar-refractivity contribution is 0.255. The molecular weight excluding hydrogens is 306 g/mol. The number of aromatic hydroxyl groups is 2. The summed E-state index contributed by atoms with van der Waals surface area (Å²) >= 11 is 0. The monoisotopic (exact) mass is 331 g/mol. The molecule has 0 aromatic heterocycles. The summed E-state index contributed by atoms with van der Waals surface area (Å²) in [4.78, 5) is 2.20. The molecule has 24 heavy (non-hydrogen) atoms. The number of nitrogens with zero attached hydrogens (tertiary/aromatic N) is 1. The average molecular weight is 331 g/mol. The Morgan fingerprint density at radius 2 is 1.54 bits per heavy atom. The van der Waals surface area contributed by atoms with Crippen molar-refractivity contribution >= 4 is 0 Å². The first-order chi connectivity index (χ1) is 11.5. The predicted molar refractivity (Wildman–Crippen MR) is 94.1 cm³/mol. The average Bonchev–Trinajstić information content (AvgIpc) is 2.59. The number of phenolic OH excluding ortho intramolecular Hbond substituents is 2. The van der Waals surface area contributed by atoms with Crippen molar-refractivity contribution in [1.29, 1.82) is 0 Å². The third kappa shape index (κ3) is 3.92. The van der Waals surface area contributed by atoms with Gasteiger partial charge in [-0.1, -0.05) is 19.1 Å². The van der Waals surface area contributed by atoms with Crippen molar-refractivity contribution in [2.24, 2.45) is 0 Å². The quantitative estimate of drug-likeness (QED) is 0.815. The molecule has 0 saturated heterocycles. The summed E-state index contributed by atoms with van der Waals surface area (Å²) in [6, 6.07) is 11.0. The SMILES string of the molecule is CCN(C)[C@H](Cc1ccc(OC)c(O)c1)c1ccc(OC)c(O)c1. The molecule has 1 atom stereocenters. The van der Waals surface area contributed by atoms with E-state index in [2.05, 4.69) is 11.8 Å². The van der Waals surface area contributed by atoms with Gasteiger partial charge in [0.25, 0.3) is 0 Å². The van der Waals surface area contributed by atoms with Crippen molar-refractivity contribution < 1.29 is 19.7 Å². The summed E-state index contributed by atoms with van der Waals surface area (Å²) in [6.07, 6.45) is 0.702. The van der Waals surface area contributed by atoms with Crippen molar-refractivity contribution in [1.82, 2.24) is 4.90 Å². The number of hydrogen-bond donors (Lipinski definition) is 2. The molecule has 0 bridgehead atoms. The van der Waals surface area contributed by atoms with Crippen molar-refractivity contribution in [2.45, 2.75) is 19.4 Å². The zero-order valence-corrected chi connectivity index (χ0v) is 14.6. The number of benzene rings is 2. The summed E-state index contributed by atoms with van der Waals surface area (Å²) in [5, 5.41) is 20.1. The predicted octanol–water partition coefficient (Wildman–Crippen LogP) is 3.35. The van der Waals surface area contributed by atoms with Gasteiger partial charge in [0.15, 0.2) is 23.0 Å². The van der Waals surface area contributed by atoms with E-state index in [9.17, 15) is 10.2 Å². The minimum atomic E-state index is 0.0691. The summed E-state index contributed by atoms with van der Waals surface area (Å²) in [7, 11) is 5.10.